The summed E-state index contributed by atoms with van der Waals surface area (Å²) in [4.78, 5) is 32.9. The predicted molar refractivity (Wildman–Crippen MR) is 67.3 cm³/mol. The molecule has 0 saturated carbocycles. The minimum atomic E-state index is -1.15. The third kappa shape index (κ3) is 5.53. The van der Waals surface area contributed by atoms with Crippen LogP contribution in [0, 0.1) is 0 Å². The smallest absolute Gasteiger partial charge is 0.326 e. The number of carbonyl (C=O) groups excluding carboxylic acids is 2. The summed E-state index contributed by atoms with van der Waals surface area (Å²) in [5.41, 5.74) is 5.64. The van der Waals surface area contributed by atoms with Gasteiger partial charge in [-0.1, -0.05) is 30.3 Å². The Balaban J connectivity index is 2.56. The number of hydrogen-bond donors (Lipinski definition) is 4. The van der Waals surface area contributed by atoms with Crippen LogP contribution in [0.15, 0.2) is 30.3 Å². The molecule has 1 aromatic rings. The van der Waals surface area contributed by atoms with Gasteiger partial charge in [-0.15, -0.1) is 0 Å². The molecule has 0 radical (unpaired) electrons. The van der Waals surface area contributed by atoms with Crippen molar-refractivity contribution in [3.05, 3.63) is 35.9 Å². The average Bonchev–Trinajstić information content (AvgIpc) is 2.36. The first-order valence-corrected chi connectivity index (χ1v) is 5.58. The molecular weight excluding hydrogens is 250 g/mol. The number of benzene rings is 1. The van der Waals surface area contributed by atoms with Gasteiger partial charge < -0.3 is 21.5 Å². The van der Waals surface area contributed by atoms with Gasteiger partial charge in [0.2, 0.25) is 5.91 Å². The Labute approximate surface area is 109 Å². The molecule has 0 aliphatic rings. The summed E-state index contributed by atoms with van der Waals surface area (Å²) in [7, 11) is 0. The van der Waals surface area contributed by atoms with Crippen LogP contribution >= 0.6 is 0 Å². The van der Waals surface area contributed by atoms with Crippen molar-refractivity contribution in [3.63, 3.8) is 0 Å². The Hall–Kier alpha value is -2.57. The molecule has 1 atom stereocenters. The molecule has 0 aliphatic heterocycles. The van der Waals surface area contributed by atoms with E-state index in [1.807, 2.05) is 6.07 Å². The number of nitrogens with one attached hydrogen (secondary N) is 2. The number of carbonyl (C=O) groups is 3. The van der Waals surface area contributed by atoms with Crippen molar-refractivity contribution in [2.75, 3.05) is 6.54 Å². The lowest BCUT2D eigenvalue weighted by Gasteiger charge is -2.14. The van der Waals surface area contributed by atoms with Gasteiger partial charge in [0.1, 0.15) is 6.04 Å². The monoisotopic (exact) mass is 265 g/mol. The molecule has 19 heavy (non-hydrogen) atoms. The summed E-state index contributed by atoms with van der Waals surface area (Å²) < 4.78 is 0. The zero-order valence-electron chi connectivity index (χ0n) is 10.1. The summed E-state index contributed by atoms with van der Waals surface area (Å²) >= 11 is 0. The van der Waals surface area contributed by atoms with Crippen molar-refractivity contribution in [1.82, 2.24) is 10.6 Å². The lowest BCUT2D eigenvalue weighted by molar-refractivity contribution is -0.139. The standard InChI is InChI=1S/C12H15N3O4/c13-10(16)7-14-12(19)15-9(11(17)18)6-8-4-2-1-3-5-8/h1-5,9H,6-7H2,(H2,13,16)(H,17,18)(H2,14,15,19)/t9-/m1/s1. The fourth-order valence-electron chi connectivity index (χ4n) is 1.43. The zero-order valence-corrected chi connectivity index (χ0v) is 10.1. The number of hydrogen-bond acceptors (Lipinski definition) is 3. The number of nitrogens with two attached hydrogens (primary N) is 1. The van der Waals surface area contributed by atoms with E-state index in [1.54, 1.807) is 24.3 Å². The molecule has 7 nitrogen and oxygen atoms in total. The van der Waals surface area contributed by atoms with Gasteiger partial charge in [0.25, 0.3) is 0 Å². The second-order valence-electron chi connectivity index (χ2n) is 3.87. The normalized spacial score (nSPS) is 11.4. The molecule has 5 N–H and O–H groups in total. The molecule has 0 saturated heterocycles. The fraction of sp³-hybridized carbons (Fsp3) is 0.250. The average molecular weight is 265 g/mol. The van der Waals surface area contributed by atoms with Gasteiger partial charge >= 0.3 is 12.0 Å². The Kier molecular flexibility index (Phi) is 5.34. The largest absolute Gasteiger partial charge is 0.480 e. The van der Waals surface area contributed by atoms with E-state index in [1.165, 1.54) is 0 Å². The molecule has 7 heteroatoms. The van der Waals surface area contributed by atoms with Crippen LogP contribution in [0.4, 0.5) is 4.79 Å². The van der Waals surface area contributed by atoms with E-state index in [0.29, 0.717) is 0 Å². The Morgan fingerprint density at radius 3 is 2.37 bits per heavy atom. The lowest BCUT2D eigenvalue weighted by atomic mass is 10.1. The van der Waals surface area contributed by atoms with Crippen molar-refractivity contribution in [2.24, 2.45) is 5.73 Å². The van der Waals surface area contributed by atoms with Gasteiger partial charge in [0, 0.05) is 6.42 Å². The molecule has 0 spiro atoms. The number of aliphatic carboxylic acids is 1. The molecule has 0 unspecified atom stereocenters. The number of primary amides is 1. The fourth-order valence-corrected chi connectivity index (χ4v) is 1.43. The van der Waals surface area contributed by atoms with Crippen LogP contribution < -0.4 is 16.4 Å². The molecule has 0 aromatic heterocycles. The molecule has 0 bridgehead atoms. The van der Waals surface area contributed by atoms with Crippen molar-refractivity contribution >= 4 is 17.9 Å². The maximum atomic E-state index is 11.4. The molecule has 102 valence electrons. The second kappa shape index (κ2) is 7.00. The maximum Gasteiger partial charge on any atom is 0.326 e. The molecule has 1 aromatic carbocycles. The highest BCUT2D eigenvalue weighted by atomic mass is 16.4. The number of carboxylic acids is 1. The molecule has 0 aliphatic carbocycles. The van der Waals surface area contributed by atoms with Crippen molar-refractivity contribution < 1.29 is 19.5 Å². The van der Waals surface area contributed by atoms with E-state index in [2.05, 4.69) is 10.6 Å². The Bertz CT molecular complexity index is 461. The van der Waals surface area contributed by atoms with E-state index >= 15 is 0 Å². The van der Waals surface area contributed by atoms with Gasteiger partial charge in [0.05, 0.1) is 6.54 Å². The molecule has 3 amide bonds. The van der Waals surface area contributed by atoms with Crippen LogP contribution in [0.3, 0.4) is 0 Å². The van der Waals surface area contributed by atoms with Gasteiger partial charge in [-0.25, -0.2) is 9.59 Å². The van der Waals surface area contributed by atoms with Crippen LogP contribution in [-0.4, -0.2) is 35.6 Å². The van der Waals surface area contributed by atoms with E-state index in [-0.39, 0.29) is 13.0 Å². The number of urea groups is 1. The van der Waals surface area contributed by atoms with Crippen LogP contribution in [0.1, 0.15) is 5.56 Å². The second-order valence-corrected chi connectivity index (χ2v) is 3.87. The predicted octanol–water partition coefficient (Wildman–Crippen LogP) is -0.533. The third-order valence-electron chi connectivity index (χ3n) is 2.31. The zero-order chi connectivity index (χ0) is 14.3. The number of rotatable bonds is 6. The van der Waals surface area contributed by atoms with Gasteiger partial charge in [-0.05, 0) is 5.56 Å². The highest BCUT2D eigenvalue weighted by Crippen LogP contribution is 2.03. The van der Waals surface area contributed by atoms with E-state index in [0.717, 1.165) is 5.56 Å². The first kappa shape index (κ1) is 14.5. The summed E-state index contributed by atoms with van der Waals surface area (Å²) in [6.45, 7) is -0.344. The van der Waals surface area contributed by atoms with Crippen LogP contribution in [0.25, 0.3) is 0 Å². The topological polar surface area (TPSA) is 122 Å². The lowest BCUT2D eigenvalue weighted by Crippen LogP contribution is -2.48. The highest BCUT2D eigenvalue weighted by molar-refractivity contribution is 5.86. The Morgan fingerprint density at radius 2 is 1.84 bits per heavy atom. The van der Waals surface area contributed by atoms with Crippen molar-refractivity contribution in [2.45, 2.75) is 12.5 Å². The quantitative estimate of drug-likeness (QED) is 0.552. The van der Waals surface area contributed by atoms with E-state index in [9.17, 15) is 14.4 Å². The van der Waals surface area contributed by atoms with Gasteiger partial charge in [-0.2, -0.15) is 0 Å². The van der Waals surface area contributed by atoms with E-state index in [4.69, 9.17) is 10.8 Å². The third-order valence-corrected chi connectivity index (χ3v) is 2.31. The minimum absolute atomic E-state index is 0.153. The molecule has 0 heterocycles. The summed E-state index contributed by atoms with van der Waals surface area (Å²) in [5, 5.41) is 13.5. The highest BCUT2D eigenvalue weighted by Gasteiger charge is 2.20. The number of amides is 3. The van der Waals surface area contributed by atoms with Gasteiger partial charge in [-0.3, -0.25) is 4.79 Å². The summed E-state index contributed by atoms with van der Waals surface area (Å²) in [6.07, 6.45) is 0.153. The number of carboxylic acid groups (broad SMARTS) is 1. The van der Waals surface area contributed by atoms with Crippen molar-refractivity contribution in [1.29, 1.82) is 0 Å². The minimum Gasteiger partial charge on any atom is -0.480 e. The first-order valence-electron chi connectivity index (χ1n) is 5.58. The SMILES string of the molecule is NC(=O)CNC(=O)N[C@H](Cc1ccccc1)C(=O)O. The van der Waals surface area contributed by atoms with E-state index < -0.39 is 23.9 Å². The summed E-state index contributed by atoms with van der Waals surface area (Å²) in [5.74, 6) is -1.86. The summed E-state index contributed by atoms with van der Waals surface area (Å²) in [6, 6.07) is 7.07. The van der Waals surface area contributed by atoms with Gasteiger partial charge in [0.15, 0.2) is 0 Å². The van der Waals surface area contributed by atoms with Crippen LogP contribution in [0.5, 0.6) is 0 Å². The molecule has 0 fully saturated rings. The van der Waals surface area contributed by atoms with Crippen LogP contribution in [0.2, 0.25) is 0 Å². The molecular formula is C12H15N3O4. The molecule has 1 rings (SSSR count). The van der Waals surface area contributed by atoms with Crippen LogP contribution in [-0.2, 0) is 16.0 Å². The first-order chi connectivity index (χ1) is 8.99. The Morgan fingerprint density at radius 1 is 1.21 bits per heavy atom. The van der Waals surface area contributed by atoms with Crippen molar-refractivity contribution in [3.8, 4) is 0 Å². The maximum absolute atomic E-state index is 11.4.